The van der Waals surface area contributed by atoms with Crippen LogP contribution in [0, 0.1) is 6.92 Å². The number of nitrogens with zero attached hydrogens (tertiary/aromatic N) is 5. The number of aromatic nitrogens is 3. The second kappa shape index (κ2) is 12.1. The third-order valence-electron chi connectivity index (χ3n) is 6.79. The number of hydrazone groups is 1. The highest BCUT2D eigenvalue weighted by atomic mass is 35.5. The van der Waals surface area contributed by atoms with Gasteiger partial charge in [0.05, 0.1) is 35.1 Å². The van der Waals surface area contributed by atoms with Gasteiger partial charge in [-0.2, -0.15) is 5.10 Å². The van der Waals surface area contributed by atoms with Gasteiger partial charge in [-0.15, -0.1) is 0 Å². The maximum Gasteiger partial charge on any atom is 0.296 e. The van der Waals surface area contributed by atoms with E-state index in [0.29, 0.717) is 28.2 Å². The van der Waals surface area contributed by atoms with Gasteiger partial charge in [-0.1, -0.05) is 48.0 Å². The number of benzene rings is 3. The number of hydrogen-bond donors (Lipinski definition) is 1. The molecule has 2 aromatic heterocycles. The zero-order chi connectivity index (χ0) is 30.7. The lowest BCUT2D eigenvalue weighted by atomic mass is 10.1. The van der Waals surface area contributed by atoms with Crippen LogP contribution in [0.1, 0.15) is 11.3 Å². The molecule has 220 valence electrons. The van der Waals surface area contributed by atoms with Crippen LogP contribution in [0.2, 0.25) is 5.15 Å². The Labute approximate surface area is 252 Å². The van der Waals surface area contributed by atoms with Crippen LogP contribution >= 0.6 is 11.6 Å². The van der Waals surface area contributed by atoms with Crippen molar-refractivity contribution in [2.24, 2.45) is 12.1 Å². The van der Waals surface area contributed by atoms with Gasteiger partial charge in [0.2, 0.25) is 0 Å². The highest BCUT2D eigenvalue weighted by molar-refractivity contribution is 7.92. The Kier molecular flexibility index (Phi) is 8.33. The number of nitrogens with one attached hydrogen (secondary N) is 1. The first kappa shape index (κ1) is 29.5. The molecule has 0 radical (unpaired) electrons. The fraction of sp³-hybridized carbons (Fsp3) is 0.133. The summed E-state index contributed by atoms with van der Waals surface area (Å²) in [5.74, 6) is -0.150. The largest absolute Gasteiger partial charge is 0.497 e. The van der Waals surface area contributed by atoms with Crippen LogP contribution < -0.4 is 20.0 Å². The van der Waals surface area contributed by atoms with Gasteiger partial charge >= 0.3 is 0 Å². The second-order valence-electron chi connectivity index (χ2n) is 9.46. The molecule has 0 unspecified atom stereocenters. The summed E-state index contributed by atoms with van der Waals surface area (Å²) in [6.45, 7) is 0.900. The molecule has 5 rings (SSSR count). The second-order valence-corrected chi connectivity index (χ2v) is 11.7. The van der Waals surface area contributed by atoms with Crippen molar-refractivity contribution in [3.8, 4) is 11.4 Å². The predicted octanol–water partition coefficient (Wildman–Crippen LogP) is 4.04. The summed E-state index contributed by atoms with van der Waals surface area (Å²) in [5, 5.41) is 4.89. The van der Waals surface area contributed by atoms with E-state index in [1.165, 1.54) is 23.0 Å². The van der Waals surface area contributed by atoms with Crippen molar-refractivity contribution >= 4 is 50.3 Å². The Morgan fingerprint density at radius 3 is 2.42 bits per heavy atom. The van der Waals surface area contributed by atoms with E-state index in [2.05, 4.69) is 15.5 Å². The van der Waals surface area contributed by atoms with Crippen molar-refractivity contribution in [2.75, 3.05) is 18.0 Å². The van der Waals surface area contributed by atoms with Gasteiger partial charge in [-0.05, 0) is 49.4 Å². The molecule has 1 N–H and O–H groups in total. The summed E-state index contributed by atoms with van der Waals surface area (Å²) in [6, 6.07) is 23.5. The molecule has 0 saturated carbocycles. The lowest BCUT2D eigenvalue weighted by Crippen LogP contribution is -2.42. The fourth-order valence-electron chi connectivity index (χ4n) is 4.54. The monoisotopic (exact) mass is 618 g/mol. The van der Waals surface area contributed by atoms with E-state index < -0.39 is 28.0 Å². The summed E-state index contributed by atoms with van der Waals surface area (Å²) in [6.07, 6.45) is 1.31. The average molecular weight is 619 g/mol. The number of carbonyl (C=O) groups is 1. The molecule has 0 aliphatic carbocycles. The van der Waals surface area contributed by atoms with E-state index >= 15 is 0 Å². The van der Waals surface area contributed by atoms with E-state index in [9.17, 15) is 18.0 Å². The number of rotatable bonds is 9. The number of sulfonamides is 1. The molecule has 43 heavy (non-hydrogen) atoms. The van der Waals surface area contributed by atoms with E-state index in [1.807, 2.05) is 6.07 Å². The molecule has 0 spiro atoms. The third kappa shape index (κ3) is 5.87. The first-order valence-corrected chi connectivity index (χ1v) is 14.8. The standard InChI is InChI=1S/C30H27ClN6O5S/c1-20-28(30(39)37(35(20)2)23-10-6-4-7-11-23)36(43(40,41)25-12-8-5-9-13-25)19-27(38)34-32-18-22-16-21-14-15-24(42-3)17-26(21)33-29(22)31/h4-18H,19H2,1-3H3,(H,34,38)/b32-18-. The summed E-state index contributed by atoms with van der Waals surface area (Å²) in [5.41, 5.74) is 3.50. The maximum absolute atomic E-state index is 13.9. The summed E-state index contributed by atoms with van der Waals surface area (Å²) >= 11 is 6.33. The van der Waals surface area contributed by atoms with Crippen LogP contribution in [0.4, 0.5) is 5.69 Å². The molecule has 0 aliphatic rings. The highest BCUT2D eigenvalue weighted by Gasteiger charge is 2.33. The first-order chi connectivity index (χ1) is 20.6. The molecular weight excluding hydrogens is 592 g/mol. The van der Waals surface area contributed by atoms with Crippen molar-refractivity contribution in [1.29, 1.82) is 0 Å². The van der Waals surface area contributed by atoms with Crippen molar-refractivity contribution in [3.63, 3.8) is 0 Å². The highest BCUT2D eigenvalue weighted by Crippen LogP contribution is 2.26. The first-order valence-electron chi connectivity index (χ1n) is 13.0. The van der Waals surface area contributed by atoms with Gasteiger partial charge < -0.3 is 4.74 Å². The van der Waals surface area contributed by atoms with E-state index in [-0.39, 0.29) is 15.7 Å². The molecule has 0 bridgehead atoms. The van der Waals surface area contributed by atoms with Crippen LogP contribution in [-0.4, -0.2) is 48.5 Å². The van der Waals surface area contributed by atoms with Gasteiger partial charge in [0, 0.05) is 24.1 Å². The smallest absolute Gasteiger partial charge is 0.296 e. The molecule has 0 fully saturated rings. The molecule has 5 aromatic rings. The molecule has 0 aliphatic heterocycles. The zero-order valence-corrected chi connectivity index (χ0v) is 25.0. The number of anilines is 1. The number of hydrogen-bond acceptors (Lipinski definition) is 7. The molecule has 13 heteroatoms. The van der Waals surface area contributed by atoms with Crippen molar-refractivity contribution in [2.45, 2.75) is 11.8 Å². The number of carbonyl (C=O) groups excluding carboxylic acids is 1. The Hall–Kier alpha value is -4.94. The number of pyridine rings is 1. The Morgan fingerprint density at radius 1 is 1.07 bits per heavy atom. The minimum Gasteiger partial charge on any atom is -0.497 e. The van der Waals surface area contributed by atoms with Crippen molar-refractivity contribution in [1.82, 2.24) is 19.8 Å². The fourth-order valence-corrected chi connectivity index (χ4v) is 6.23. The molecule has 0 saturated heterocycles. The number of amides is 1. The van der Waals surface area contributed by atoms with Gasteiger partial charge in [-0.3, -0.25) is 14.3 Å². The number of para-hydroxylation sites is 1. The van der Waals surface area contributed by atoms with Crippen LogP contribution in [-0.2, 0) is 21.9 Å². The van der Waals surface area contributed by atoms with Gasteiger partial charge in [0.25, 0.3) is 21.5 Å². The summed E-state index contributed by atoms with van der Waals surface area (Å²) in [7, 11) is -1.15. The normalized spacial score (nSPS) is 11.6. The minimum atomic E-state index is -4.34. The zero-order valence-electron chi connectivity index (χ0n) is 23.4. The lowest BCUT2D eigenvalue weighted by Gasteiger charge is -2.22. The van der Waals surface area contributed by atoms with Gasteiger partial charge in [0.1, 0.15) is 23.1 Å². The Bertz CT molecular complexity index is 2010. The molecular formula is C30H27ClN6O5S. The Morgan fingerprint density at radius 2 is 1.74 bits per heavy atom. The Balaban J connectivity index is 1.48. The lowest BCUT2D eigenvalue weighted by molar-refractivity contribution is -0.119. The van der Waals surface area contributed by atoms with Crippen LogP contribution in [0.3, 0.4) is 0 Å². The minimum absolute atomic E-state index is 0.0779. The van der Waals surface area contributed by atoms with Crippen molar-refractivity contribution < 1.29 is 17.9 Å². The SMILES string of the molecule is COc1ccc2cc(/C=N\NC(=O)CN(c3c(C)n(C)n(-c4ccccc4)c3=O)S(=O)(=O)c3ccccc3)c(Cl)nc2c1. The molecule has 0 atom stereocenters. The number of ether oxygens (including phenoxy) is 1. The van der Waals surface area contributed by atoms with E-state index in [1.54, 1.807) is 92.5 Å². The molecule has 1 amide bonds. The summed E-state index contributed by atoms with van der Waals surface area (Å²) in [4.78, 5) is 31.1. The van der Waals surface area contributed by atoms with Gasteiger partial charge in [-0.25, -0.2) is 27.8 Å². The molecule has 3 aromatic carbocycles. The quantitative estimate of drug-likeness (QED) is 0.151. The third-order valence-corrected chi connectivity index (χ3v) is 8.85. The van der Waals surface area contributed by atoms with Gasteiger partial charge in [0.15, 0.2) is 0 Å². The van der Waals surface area contributed by atoms with Crippen LogP contribution in [0.15, 0.2) is 99.7 Å². The van der Waals surface area contributed by atoms with E-state index in [4.69, 9.17) is 16.3 Å². The molecule has 2 heterocycles. The summed E-state index contributed by atoms with van der Waals surface area (Å²) < 4.78 is 36.6. The molecule has 11 nitrogen and oxygen atoms in total. The number of halogens is 1. The predicted molar refractivity (Wildman–Crippen MR) is 166 cm³/mol. The average Bonchev–Trinajstić information content (AvgIpc) is 3.23. The topological polar surface area (TPSA) is 128 Å². The van der Waals surface area contributed by atoms with E-state index in [0.717, 1.165) is 9.69 Å². The van der Waals surface area contributed by atoms with Crippen molar-refractivity contribution in [3.05, 3.63) is 112 Å². The van der Waals surface area contributed by atoms with Crippen LogP contribution in [0.25, 0.3) is 16.6 Å². The number of fused-ring (bicyclic) bond motifs is 1. The van der Waals surface area contributed by atoms with Crippen LogP contribution in [0.5, 0.6) is 5.75 Å². The maximum atomic E-state index is 13.9. The number of methoxy groups -OCH3 is 1.